The molecule has 0 fully saturated rings. The molecule has 0 saturated carbocycles. The van der Waals surface area contributed by atoms with Crippen molar-refractivity contribution in [3.63, 3.8) is 0 Å². The summed E-state index contributed by atoms with van der Waals surface area (Å²) < 4.78 is 9.60. The molecule has 0 spiro atoms. The van der Waals surface area contributed by atoms with Gasteiger partial charge in [0.1, 0.15) is 10.6 Å². The van der Waals surface area contributed by atoms with Crippen molar-refractivity contribution in [2.24, 2.45) is 0 Å². The Morgan fingerprint density at radius 2 is 1.25 bits per heavy atom. The van der Waals surface area contributed by atoms with E-state index in [1.165, 1.54) is 26.2 Å². The van der Waals surface area contributed by atoms with E-state index >= 15 is 0 Å². The number of fused-ring (bicyclic) bond motifs is 6. The van der Waals surface area contributed by atoms with E-state index in [2.05, 4.69) is 83.4 Å². The van der Waals surface area contributed by atoms with Crippen molar-refractivity contribution in [3.05, 3.63) is 121 Å². The molecule has 190 valence electrons. The Balaban J connectivity index is 1.19. The minimum Gasteiger partial charge on any atom is -0.421 e. The highest BCUT2D eigenvalue weighted by Crippen LogP contribution is 2.39. The fraction of sp³-hybridized carbons (Fsp3) is 0.0294. The van der Waals surface area contributed by atoms with Gasteiger partial charge in [0.2, 0.25) is 11.8 Å². The maximum Gasteiger partial charge on any atom is 0.223 e. The average molecular weight is 535 g/mol. The molecule has 0 unspecified atom stereocenters. The van der Waals surface area contributed by atoms with Gasteiger partial charge in [-0.15, -0.1) is 11.3 Å². The van der Waals surface area contributed by atoms with Gasteiger partial charge < -0.3 is 4.74 Å². The van der Waals surface area contributed by atoms with Crippen molar-refractivity contribution in [2.75, 3.05) is 0 Å². The summed E-state index contributed by atoms with van der Waals surface area (Å²) in [4.78, 5) is 15.6. The summed E-state index contributed by atoms with van der Waals surface area (Å²) in [5.41, 5.74) is 5.15. The Hall–Kier alpha value is -5.07. The molecule has 0 aliphatic heterocycles. The number of para-hydroxylation sites is 2. The normalized spacial score (nSPS) is 11.6. The Kier molecular flexibility index (Phi) is 5.15. The molecule has 0 radical (unpaired) electrons. The highest BCUT2D eigenvalue weighted by molar-refractivity contribution is 7.26. The van der Waals surface area contributed by atoms with Crippen molar-refractivity contribution in [1.29, 1.82) is 0 Å². The lowest BCUT2D eigenvalue weighted by atomic mass is 10.1. The highest BCUT2D eigenvalue weighted by Gasteiger charge is 2.15. The molecule has 0 saturated heterocycles. The second-order valence-corrected chi connectivity index (χ2v) is 10.8. The van der Waals surface area contributed by atoms with E-state index < -0.39 is 0 Å². The van der Waals surface area contributed by atoms with Gasteiger partial charge in [0.05, 0.1) is 16.7 Å². The molecule has 6 heteroatoms. The summed E-state index contributed by atoms with van der Waals surface area (Å²) in [5.74, 6) is 1.78. The van der Waals surface area contributed by atoms with Gasteiger partial charge in [0.25, 0.3) is 0 Å². The third kappa shape index (κ3) is 3.65. The number of thiophene rings is 1. The topological polar surface area (TPSA) is 52.8 Å². The van der Waals surface area contributed by atoms with Gasteiger partial charge in [-0.25, -0.2) is 9.97 Å². The first-order valence-electron chi connectivity index (χ1n) is 13.1. The number of aromatic nitrogens is 4. The molecule has 5 nitrogen and oxygen atoms in total. The van der Waals surface area contributed by atoms with Gasteiger partial charge >= 0.3 is 0 Å². The lowest BCUT2D eigenvalue weighted by Gasteiger charge is -2.10. The fourth-order valence-corrected chi connectivity index (χ4v) is 6.70. The Morgan fingerprint density at radius 1 is 0.575 bits per heavy atom. The standard InChI is InChI=1S/C34H22N4OS/c1-21-19-20-25-24-11-6-12-26(33(24)40-34(25)35-21)27-13-7-17-31(36-27)39-32-18-8-16-30(37-32)38-28-14-4-2-9-22(28)23-10-3-5-15-29(23)38/h2-20H,1H3. The first-order chi connectivity index (χ1) is 19.7. The minimum absolute atomic E-state index is 0.490. The molecule has 0 atom stereocenters. The zero-order valence-corrected chi connectivity index (χ0v) is 22.4. The van der Waals surface area contributed by atoms with Gasteiger partial charge in [0.15, 0.2) is 0 Å². The van der Waals surface area contributed by atoms with Gasteiger partial charge in [-0.05, 0) is 43.3 Å². The first-order valence-corrected chi connectivity index (χ1v) is 13.9. The first kappa shape index (κ1) is 22.9. The number of pyridine rings is 3. The number of hydrogen-bond donors (Lipinski definition) is 0. The molecule has 8 rings (SSSR count). The van der Waals surface area contributed by atoms with Crippen LogP contribution in [0.25, 0.3) is 59.2 Å². The summed E-state index contributed by atoms with van der Waals surface area (Å²) in [6, 6.07) is 39.1. The monoisotopic (exact) mass is 534 g/mol. The maximum absolute atomic E-state index is 6.25. The van der Waals surface area contributed by atoms with E-state index in [0.29, 0.717) is 11.8 Å². The van der Waals surface area contributed by atoms with Crippen LogP contribution in [0.15, 0.2) is 115 Å². The number of rotatable bonds is 4. The van der Waals surface area contributed by atoms with Gasteiger partial charge in [-0.3, -0.25) is 4.57 Å². The third-order valence-electron chi connectivity index (χ3n) is 7.23. The van der Waals surface area contributed by atoms with Crippen LogP contribution in [-0.2, 0) is 0 Å². The Bertz CT molecular complexity index is 2180. The maximum atomic E-state index is 6.25. The largest absolute Gasteiger partial charge is 0.421 e. The molecule has 0 amide bonds. The van der Waals surface area contributed by atoms with Crippen molar-refractivity contribution in [3.8, 4) is 28.8 Å². The van der Waals surface area contributed by atoms with Crippen LogP contribution in [-0.4, -0.2) is 19.5 Å². The molecule has 0 aliphatic carbocycles. The predicted octanol–water partition coefficient (Wildman–Crippen LogP) is 9.10. The third-order valence-corrected chi connectivity index (χ3v) is 8.38. The van der Waals surface area contributed by atoms with Crippen molar-refractivity contribution in [2.45, 2.75) is 6.92 Å². The van der Waals surface area contributed by atoms with Crippen LogP contribution in [0, 0.1) is 6.92 Å². The van der Waals surface area contributed by atoms with Gasteiger partial charge in [-0.1, -0.05) is 66.7 Å². The van der Waals surface area contributed by atoms with Crippen LogP contribution >= 0.6 is 11.3 Å². The van der Waals surface area contributed by atoms with E-state index in [0.717, 1.165) is 38.6 Å². The van der Waals surface area contributed by atoms with Crippen molar-refractivity contribution in [1.82, 2.24) is 19.5 Å². The lowest BCUT2D eigenvalue weighted by molar-refractivity contribution is 0.445. The molecular formula is C34H22N4OS. The van der Waals surface area contributed by atoms with Crippen LogP contribution < -0.4 is 4.74 Å². The Labute approximate surface area is 234 Å². The zero-order valence-electron chi connectivity index (χ0n) is 21.6. The van der Waals surface area contributed by atoms with E-state index in [1.54, 1.807) is 11.3 Å². The van der Waals surface area contributed by atoms with Gasteiger partial charge in [0, 0.05) is 49.6 Å². The lowest BCUT2D eigenvalue weighted by Crippen LogP contribution is -1.99. The van der Waals surface area contributed by atoms with Crippen LogP contribution in [0.1, 0.15) is 5.69 Å². The number of nitrogens with zero attached hydrogens (tertiary/aromatic N) is 4. The average Bonchev–Trinajstić information content (AvgIpc) is 3.53. The summed E-state index contributed by atoms with van der Waals surface area (Å²) in [7, 11) is 0. The number of hydrogen-bond acceptors (Lipinski definition) is 5. The molecule has 0 aliphatic rings. The van der Waals surface area contributed by atoms with E-state index in [4.69, 9.17) is 19.7 Å². The second-order valence-electron chi connectivity index (χ2n) is 9.76. The molecule has 5 aromatic heterocycles. The van der Waals surface area contributed by atoms with E-state index in [9.17, 15) is 0 Å². The number of ether oxygens (including phenoxy) is 1. The molecule has 0 bridgehead atoms. The van der Waals surface area contributed by atoms with Crippen molar-refractivity contribution >= 4 is 53.4 Å². The SMILES string of the molecule is Cc1ccc2c(n1)sc1c(-c3cccc(Oc4cccc(-n5c6ccccc6c6ccccc65)n4)n3)cccc12. The number of benzene rings is 3. The molecular weight excluding hydrogens is 512 g/mol. The summed E-state index contributed by atoms with van der Waals surface area (Å²) in [6.45, 7) is 2.03. The Morgan fingerprint density at radius 3 is 2.05 bits per heavy atom. The second kappa shape index (κ2) is 9.00. The zero-order chi connectivity index (χ0) is 26.6. The van der Waals surface area contributed by atoms with Crippen LogP contribution in [0.2, 0.25) is 0 Å². The van der Waals surface area contributed by atoms with Crippen LogP contribution in [0.3, 0.4) is 0 Å². The molecule has 0 N–H and O–H groups in total. The molecule has 3 aromatic carbocycles. The van der Waals surface area contributed by atoms with Crippen LogP contribution in [0.5, 0.6) is 11.8 Å². The fourth-order valence-electron chi connectivity index (χ4n) is 5.46. The predicted molar refractivity (Wildman–Crippen MR) is 164 cm³/mol. The van der Waals surface area contributed by atoms with Gasteiger partial charge in [-0.2, -0.15) is 4.98 Å². The summed E-state index contributed by atoms with van der Waals surface area (Å²) in [6.07, 6.45) is 0. The highest BCUT2D eigenvalue weighted by atomic mass is 32.1. The molecule has 40 heavy (non-hydrogen) atoms. The smallest absolute Gasteiger partial charge is 0.223 e. The summed E-state index contributed by atoms with van der Waals surface area (Å²) >= 11 is 1.70. The van der Waals surface area contributed by atoms with Crippen LogP contribution in [0.4, 0.5) is 0 Å². The molecule has 8 aromatic rings. The minimum atomic E-state index is 0.490. The van der Waals surface area contributed by atoms with E-state index in [-0.39, 0.29) is 0 Å². The van der Waals surface area contributed by atoms with Crippen molar-refractivity contribution < 1.29 is 4.74 Å². The summed E-state index contributed by atoms with van der Waals surface area (Å²) in [5, 5.41) is 4.76. The quantitative estimate of drug-likeness (QED) is 0.226. The molecule has 5 heterocycles. The van der Waals surface area contributed by atoms with E-state index in [1.807, 2.05) is 43.3 Å². The number of aryl methyl sites for hydroxylation is 1.